The average molecular weight is 316 g/mol. The Morgan fingerprint density at radius 1 is 1.26 bits per heavy atom. The maximum absolute atomic E-state index is 12.9. The van der Waals surface area contributed by atoms with Crippen molar-refractivity contribution in [2.45, 2.75) is 38.8 Å². The van der Waals surface area contributed by atoms with Gasteiger partial charge in [-0.05, 0) is 31.9 Å². The quantitative estimate of drug-likeness (QED) is 0.859. The molecule has 0 aliphatic carbocycles. The molecule has 1 saturated heterocycles. The van der Waals surface area contributed by atoms with E-state index in [1.807, 2.05) is 49.0 Å². The van der Waals surface area contributed by atoms with Crippen LogP contribution in [0.4, 0.5) is 0 Å². The van der Waals surface area contributed by atoms with Gasteiger partial charge in [-0.15, -0.1) is 0 Å². The highest BCUT2D eigenvalue weighted by Crippen LogP contribution is 2.10. The summed E-state index contributed by atoms with van der Waals surface area (Å²) in [5.74, 6) is 0. The summed E-state index contributed by atoms with van der Waals surface area (Å²) in [6.45, 7) is 3.94. The van der Waals surface area contributed by atoms with E-state index in [0.29, 0.717) is 6.54 Å². The van der Waals surface area contributed by atoms with Gasteiger partial charge in [0.25, 0.3) is 5.56 Å². The number of likely N-dealkylation sites (tertiary alicyclic amines) is 1. The number of nitrogens with one attached hydrogen (secondary N) is 1. The highest BCUT2D eigenvalue weighted by atomic mass is 16.3. The zero-order chi connectivity index (χ0) is 16.4. The molecule has 1 aliphatic heterocycles. The molecule has 23 heavy (non-hydrogen) atoms. The topological polar surface area (TPSA) is 51.6 Å². The molecule has 1 aromatic carbocycles. The van der Waals surface area contributed by atoms with Crippen LogP contribution in [0.2, 0.25) is 0 Å². The van der Waals surface area contributed by atoms with E-state index in [-0.39, 0.29) is 18.2 Å². The molecule has 5 nitrogen and oxygen atoms in total. The zero-order valence-electron chi connectivity index (χ0n) is 14.0. The van der Waals surface area contributed by atoms with E-state index < -0.39 is 0 Å². The Bertz CT molecular complexity index is 718. The van der Waals surface area contributed by atoms with Crippen LogP contribution in [0.25, 0.3) is 5.69 Å². The van der Waals surface area contributed by atoms with Gasteiger partial charge < -0.3 is 10.0 Å². The highest BCUT2D eigenvalue weighted by molar-refractivity contribution is 5.33. The molecule has 3 rings (SSSR count). The van der Waals surface area contributed by atoms with Crippen molar-refractivity contribution < 1.29 is 10.0 Å². The van der Waals surface area contributed by atoms with Crippen LogP contribution in [-0.2, 0) is 13.6 Å². The van der Waals surface area contributed by atoms with E-state index in [4.69, 9.17) is 0 Å². The van der Waals surface area contributed by atoms with Gasteiger partial charge in [0.05, 0.1) is 24.4 Å². The summed E-state index contributed by atoms with van der Waals surface area (Å²) in [5.41, 5.74) is 2.83. The van der Waals surface area contributed by atoms with E-state index in [1.165, 1.54) is 17.7 Å². The molecule has 0 spiro atoms. The number of aliphatic hydroxyl groups is 1. The molecule has 2 heterocycles. The first-order valence-electron chi connectivity index (χ1n) is 8.41. The van der Waals surface area contributed by atoms with Crippen molar-refractivity contribution in [1.82, 2.24) is 9.36 Å². The molecule has 2 N–H and O–H groups in total. The number of hydrogen-bond donors (Lipinski definition) is 2. The average Bonchev–Trinajstić information content (AvgIpc) is 2.80. The standard InChI is InChI=1S/C18H25N3O2/c1-14-17(12-20-11-7-6-10-16(20)13-22)18(23)21(19(14)2)15-8-4-3-5-9-15/h3-5,8-9,16,22H,6-7,10-13H2,1-2H3/p+1/t16-/m0/s1. The van der Waals surface area contributed by atoms with Gasteiger partial charge in [-0.3, -0.25) is 9.48 Å². The van der Waals surface area contributed by atoms with Gasteiger partial charge in [-0.2, -0.15) is 0 Å². The van der Waals surface area contributed by atoms with Crippen molar-refractivity contribution in [2.75, 3.05) is 13.2 Å². The van der Waals surface area contributed by atoms with Crippen LogP contribution in [0.3, 0.4) is 0 Å². The Hall–Kier alpha value is -1.85. The number of benzene rings is 1. The fraction of sp³-hybridized carbons (Fsp3) is 0.500. The minimum atomic E-state index is 0.0611. The van der Waals surface area contributed by atoms with Crippen LogP contribution in [-0.4, -0.2) is 33.7 Å². The summed E-state index contributed by atoms with van der Waals surface area (Å²) >= 11 is 0. The molecule has 1 fully saturated rings. The number of para-hydroxylation sites is 1. The molecule has 0 amide bonds. The lowest BCUT2D eigenvalue weighted by Crippen LogP contribution is -3.16. The van der Waals surface area contributed by atoms with Gasteiger partial charge in [-0.25, -0.2) is 4.68 Å². The normalized spacial score (nSPS) is 21.5. The Morgan fingerprint density at radius 2 is 2.00 bits per heavy atom. The summed E-state index contributed by atoms with van der Waals surface area (Å²) in [6.07, 6.45) is 3.39. The van der Waals surface area contributed by atoms with Gasteiger partial charge >= 0.3 is 0 Å². The summed E-state index contributed by atoms with van der Waals surface area (Å²) in [4.78, 5) is 14.3. The lowest BCUT2D eigenvalue weighted by molar-refractivity contribution is -0.944. The van der Waals surface area contributed by atoms with Gasteiger partial charge in [0.15, 0.2) is 0 Å². The molecule has 2 atom stereocenters. The highest BCUT2D eigenvalue weighted by Gasteiger charge is 2.28. The van der Waals surface area contributed by atoms with Gasteiger partial charge in [0.1, 0.15) is 12.6 Å². The molecule has 0 radical (unpaired) electrons. The molecule has 124 valence electrons. The van der Waals surface area contributed by atoms with Crippen LogP contribution in [0.5, 0.6) is 0 Å². The number of aromatic nitrogens is 2. The number of nitrogens with zero attached hydrogens (tertiary/aromatic N) is 2. The van der Waals surface area contributed by atoms with E-state index in [0.717, 1.165) is 29.9 Å². The Morgan fingerprint density at radius 3 is 2.70 bits per heavy atom. The molecule has 2 aromatic rings. The maximum atomic E-state index is 12.9. The lowest BCUT2D eigenvalue weighted by Gasteiger charge is -2.31. The molecule has 1 unspecified atom stereocenters. The predicted octanol–water partition coefficient (Wildman–Crippen LogP) is 0.414. The molecule has 1 aliphatic rings. The Labute approximate surface area is 136 Å². The predicted molar refractivity (Wildman–Crippen MR) is 90.0 cm³/mol. The first kappa shape index (κ1) is 16.0. The second kappa shape index (κ2) is 6.72. The van der Waals surface area contributed by atoms with Crippen LogP contribution in [0.1, 0.15) is 30.5 Å². The van der Waals surface area contributed by atoms with Gasteiger partial charge in [0, 0.05) is 19.2 Å². The van der Waals surface area contributed by atoms with Crippen molar-refractivity contribution in [1.29, 1.82) is 0 Å². The SMILES string of the molecule is Cc1c(C[NH+]2CCCC[C@H]2CO)c(=O)n(-c2ccccc2)n1C. The van der Waals surface area contributed by atoms with Crippen molar-refractivity contribution >= 4 is 0 Å². The van der Waals surface area contributed by atoms with Crippen molar-refractivity contribution in [3.63, 3.8) is 0 Å². The van der Waals surface area contributed by atoms with Gasteiger partial charge in [-0.1, -0.05) is 18.2 Å². The fourth-order valence-corrected chi connectivity index (χ4v) is 3.66. The minimum absolute atomic E-state index is 0.0611. The van der Waals surface area contributed by atoms with Crippen LogP contribution in [0, 0.1) is 6.92 Å². The molecule has 0 bridgehead atoms. The minimum Gasteiger partial charge on any atom is -0.390 e. The number of quaternary nitrogens is 1. The molecule has 1 aromatic heterocycles. The maximum Gasteiger partial charge on any atom is 0.280 e. The van der Waals surface area contributed by atoms with E-state index in [2.05, 4.69) is 0 Å². The Kier molecular flexibility index (Phi) is 4.68. The van der Waals surface area contributed by atoms with Gasteiger partial charge in [0.2, 0.25) is 0 Å². The third-order valence-electron chi connectivity index (χ3n) is 5.18. The fourth-order valence-electron chi connectivity index (χ4n) is 3.66. The molecule has 5 heteroatoms. The number of hydrogen-bond acceptors (Lipinski definition) is 2. The molecule has 0 saturated carbocycles. The van der Waals surface area contributed by atoms with Crippen molar-refractivity contribution in [2.24, 2.45) is 7.05 Å². The molecular weight excluding hydrogens is 290 g/mol. The van der Waals surface area contributed by atoms with Crippen molar-refractivity contribution in [3.8, 4) is 5.69 Å². The third-order valence-corrected chi connectivity index (χ3v) is 5.18. The largest absolute Gasteiger partial charge is 0.390 e. The summed E-state index contributed by atoms with van der Waals surface area (Å²) in [7, 11) is 1.93. The number of piperidine rings is 1. The second-order valence-corrected chi connectivity index (χ2v) is 6.50. The Balaban J connectivity index is 1.96. The first-order valence-corrected chi connectivity index (χ1v) is 8.41. The summed E-state index contributed by atoms with van der Waals surface area (Å²) < 4.78 is 3.67. The van der Waals surface area contributed by atoms with E-state index in [1.54, 1.807) is 4.68 Å². The van der Waals surface area contributed by atoms with Crippen molar-refractivity contribution in [3.05, 3.63) is 51.9 Å². The van der Waals surface area contributed by atoms with E-state index >= 15 is 0 Å². The van der Waals surface area contributed by atoms with E-state index in [9.17, 15) is 9.90 Å². The summed E-state index contributed by atoms with van der Waals surface area (Å²) in [6, 6.07) is 10.0. The monoisotopic (exact) mass is 316 g/mol. The zero-order valence-corrected chi connectivity index (χ0v) is 14.0. The first-order chi connectivity index (χ1) is 11.1. The molecular formula is C18H26N3O2+. The second-order valence-electron chi connectivity index (χ2n) is 6.50. The van der Waals surface area contributed by atoms with Crippen LogP contribution in [0.15, 0.2) is 35.1 Å². The van der Waals surface area contributed by atoms with Crippen LogP contribution < -0.4 is 10.5 Å². The lowest BCUT2D eigenvalue weighted by atomic mass is 10.0. The summed E-state index contributed by atoms with van der Waals surface area (Å²) in [5, 5.41) is 9.61. The number of aliphatic hydroxyl groups excluding tert-OH is 1. The third kappa shape index (κ3) is 2.99. The number of rotatable bonds is 4. The van der Waals surface area contributed by atoms with Crippen LogP contribution >= 0.6 is 0 Å². The smallest absolute Gasteiger partial charge is 0.280 e.